The zero-order chi connectivity index (χ0) is 11.5. The van der Waals surface area contributed by atoms with E-state index in [4.69, 9.17) is 10.00 Å². The number of nitrogens with zero attached hydrogens (tertiary/aromatic N) is 2. The van der Waals surface area contributed by atoms with Gasteiger partial charge in [0.05, 0.1) is 6.08 Å². The third-order valence-electron chi connectivity index (χ3n) is 1.96. The molecule has 0 aromatic heterocycles. The molecule has 0 N–H and O–H groups in total. The average molecular weight is 214 g/mol. The molecule has 5 nitrogen and oxygen atoms in total. The van der Waals surface area contributed by atoms with E-state index >= 15 is 0 Å². The van der Waals surface area contributed by atoms with E-state index in [2.05, 4.69) is 0 Å². The maximum atomic E-state index is 11.4. The number of carbonyl (C=O) groups excluding carboxylic acids is 2. The number of imide groups is 1. The second-order valence-electron chi connectivity index (χ2n) is 3.00. The average Bonchev–Trinajstić information content (AvgIpc) is 2.55. The predicted octanol–water partition coefficient (Wildman–Crippen LogP) is 0.799. The summed E-state index contributed by atoms with van der Waals surface area (Å²) in [4.78, 5) is 23.0. The van der Waals surface area contributed by atoms with Crippen LogP contribution < -0.4 is 4.74 Å². The quantitative estimate of drug-likeness (QED) is 0.539. The molecule has 0 bridgehead atoms. The number of carbonyl (C=O) groups is 2. The first kappa shape index (κ1) is 9.93. The highest BCUT2D eigenvalue weighted by atomic mass is 16.5. The number of para-hydroxylation sites is 1. The Labute approximate surface area is 91.1 Å². The molecule has 1 aromatic carbocycles. The zero-order valence-electron chi connectivity index (χ0n) is 8.08. The Balaban J connectivity index is 2.20. The molecule has 5 heteroatoms. The largest absolute Gasteiger partial charge is 0.451 e. The Morgan fingerprint density at radius 1 is 1.19 bits per heavy atom. The van der Waals surface area contributed by atoms with E-state index in [-0.39, 0.29) is 5.76 Å². The summed E-state index contributed by atoms with van der Waals surface area (Å²) in [6, 6.07) is 8.56. The molecule has 78 valence electrons. The summed E-state index contributed by atoms with van der Waals surface area (Å²) in [5.74, 6) is -1.12. The molecule has 0 spiro atoms. The topological polar surface area (TPSA) is 70.4 Å². The minimum absolute atomic E-state index is 0.141. The van der Waals surface area contributed by atoms with Gasteiger partial charge in [-0.3, -0.25) is 9.59 Å². The minimum atomic E-state index is -0.739. The molecule has 0 aliphatic carbocycles. The maximum absolute atomic E-state index is 11.4. The van der Waals surface area contributed by atoms with Gasteiger partial charge in [-0.1, -0.05) is 18.2 Å². The van der Waals surface area contributed by atoms with Crippen molar-refractivity contribution in [3.05, 3.63) is 42.2 Å². The Bertz CT molecular complexity index is 514. The lowest BCUT2D eigenvalue weighted by Crippen LogP contribution is -2.26. The molecule has 2 rings (SSSR count). The summed E-state index contributed by atoms with van der Waals surface area (Å²) in [7, 11) is 0. The summed E-state index contributed by atoms with van der Waals surface area (Å²) in [6.45, 7) is 0. The van der Waals surface area contributed by atoms with Gasteiger partial charge in [-0.15, -0.1) is 0 Å². The van der Waals surface area contributed by atoms with E-state index in [0.29, 0.717) is 10.6 Å². The molecule has 0 atom stereocenters. The van der Waals surface area contributed by atoms with Crippen molar-refractivity contribution < 1.29 is 14.3 Å². The van der Waals surface area contributed by atoms with Gasteiger partial charge in [0.1, 0.15) is 5.75 Å². The summed E-state index contributed by atoms with van der Waals surface area (Å²) in [5.41, 5.74) is 0. The van der Waals surface area contributed by atoms with Crippen molar-refractivity contribution in [1.82, 2.24) is 4.90 Å². The lowest BCUT2D eigenvalue weighted by molar-refractivity contribution is -0.134. The summed E-state index contributed by atoms with van der Waals surface area (Å²) >= 11 is 0. The van der Waals surface area contributed by atoms with Crippen LogP contribution in [-0.2, 0) is 9.59 Å². The number of rotatable bonds is 2. The molecule has 0 fully saturated rings. The van der Waals surface area contributed by atoms with Crippen molar-refractivity contribution in [3.63, 3.8) is 0 Å². The number of nitriles is 1. The minimum Gasteiger partial charge on any atom is -0.451 e. The van der Waals surface area contributed by atoms with Crippen molar-refractivity contribution in [2.45, 2.75) is 0 Å². The van der Waals surface area contributed by atoms with Gasteiger partial charge in [0.25, 0.3) is 5.91 Å². The van der Waals surface area contributed by atoms with Crippen LogP contribution in [0.1, 0.15) is 0 Å². The number of hydrogen-bond acceptors (Lipinski definition) is 4. The Morgan fingerprint density at radius 3 is 2.44 bits per heavy atom. The van der Waals surface area contributed by atoms with Gasteiger partial charge in [0.15, 0.2) is 12.0 Å². The number of ether oxygens (including phenoxy) is 1. The summed E-state index contributed by atoms with van der Waals surface area (Å²) in [6.07, 6.45) is 2.48. The van der Waals surface area contributed by atoms with E-state index in [0.717, 1.165) is 6.08 Å². The van der Waals surface area contributed by atoms with Gasteiger partial charge in [-0.2, -0.15) is 10.2 Å². The molecule has 0 radical (unpaired) electrons. The van der Waals surface area contributed by atoms with Crippen molar-refractivity contribution in [3.8, 4) is 11.9 Å². The fraction of sp³-hybridized carbons (Fsp3) is 0. The van der Waals surface area contributed by atoms with Crippen LogP contribution in [0.25, 0.3) is 0 Å². The highest BCUT2D eigenvalue weighted by molar-refractivity contribution is 6.16. The molecule has 1 aromatic rings. The monoisotopic (exact) mass is 214 g/mol. The predicted molar refractivity (Wildman–Crippen MR) is 52.6 cm³/mol. The first-order valence-electron chi connectivity index (χ1n) is 4.45. The van der Waals surface area contributed by atoms with Crippen LogP contribution in [0, 0.1) is 11.5 Å². The van der Waals surface area contributed by atoms with E-state index in [1.165, 1.54) is 6.19 Å². The van der Waals surface area contributed by atoms with Crippen molar-refractivity contribution in [2.24, 2.45) is 0 Å². The van der Waals surface area contributed by atoms with E-state index in [1.807, 2.05) is 0 Å². The number of benzene rings is 1. The lowest BCUT2D eigenvalue weighted by Gasteiger charge is -2.05. The molecule has 1 aliphatic heterocycles. The van der Waals surface area contributed by atoms with E-state index in [1.54, 1.807) is 30.3 Å². The Hall–Kier alpha value is -2.61. The van der Waals surface area contributed by atoms with Gasteiger partial charge in [0.2, 0.25) is 0 Å². The molecule has 1 aliphatic rings. The smallest absolute Gasteiger partial charge is 0.310 e. The third kappa shape index (κ3) is 1.64. The van der Waals surface area contributed by atoms with Crippen LogP contribution >= 0.6 is 0 Å². The Kier molecular flexibility index (Phi) is 2.40. The van der Waals surface area contributed by atoms with Gasteiger partial charge in [-0.25, -0.2) is 0 Å². The fourth-order valence-corrected chi connectivity index (χ4v) is 1.23. The molecule has 0 unspecified atom stereocenters. The second-order valence-corrected chi connectivity index (χ2v) is 3.00. The molecular weight excluding hydrogens is 208 g/mol. The van der Waals surface area contributed by atoms with Crippen LogP contribution in [-0.4, -0.2) is 16.7 Å². The van der Waals surface area contributed by atoms with Crippen LogP contribution in [0.3, 0.4) is 0 Å². The van der Waals surface area contributed by atoms with E-state index in [9.17, 15) is 9.59 Å². The van der Waals surface area contributed by atoms with Gasteiger partial charge < -0.3 is 4.74 Å². The van der Waals surface area contributed by atoms with Crippen molar-refractivity contribution >= 4 is 11.8 Å². The lowest BCUT2D eigenvalue weighted by atomic mass is 10.3. The zero-order valence-corrected chi connectivity index (χ0v) is 8.08. The molecule has 2 amide bonds. The maximum Gasteiger partial charge on any atom is 0.310 e. The van der Waals surface area contributed by atoms with Gasteiger partial charge in [-0.05, 0) is 12.1 Å². The summed E-state index contributed by atoms with van der Waals surface area (Å²) < 4.78 is 5.19. The molecular formula is C11H6N2O3. The van der Waals surface area contributed by atoms with Crippen LogP contribution in [0.2, 0.25) is 0 Å². The first-order valence-corrected chi connectivity index (χ1v) is 4.45. The SMILES string of the molecule is N#CN1C(=O)C=C(Oc2ccccc2)C1=O. The molecule has 0 saturated heterocycles. The highest BCUT2D eigenvalue weighted by Crippen LogP contribution is 2.18. The number of amides is 2. The van der Waals surface area contributed by atoms with Crippen LogP contribution in [0.5, 0.6) is 5.75 Å². The third-order valence-corrected chi connectivity index (χ3v) is 1.96. The van der Waals surface area contributed by atoms with E-state index < -0.39 is 11.8 Å². The van der Waals surface area contributed by atoms with Crippen LogP contribution in [0.15, 0.2) is 42.2 Å². The van der Waals surface area contributed by atoms with Gasteiger partial charge >= 0.3 is 5.91 Å². The second kappa shape index (κ2) is 3.87. The molecule has 16 heavy (non-hydrogen) atoms. The fourth-order valence-electron chi connectivity index (χ4n) is 1.23. The normalized spacial score (nSPS) is 14.7. The van der Waals surface area contributed by atoms with Crippen LogP contribution in [0.4, 0.5) is 0 Å². The molecule has 1 heterocycles. The van der Waals surface area contributed by atoms with Gasteiger partial charge in [0, 0.05) is 0 Å². The summed E-state index contributed by atoms with van der Waals surface area (Å²) in [5, 5.41) is 8.54. The van der Waals surface area contributed by atoms with Crippen molar-refractivity contribution in [2.75, 3.05) is 0 Å². The first-order chi connectivity index (χ1) is 7.72. The molecule has 0 saturated carbocycles. The van der Waals surface area contributed by atoms with Crippen molar-refractivity contribution in [1.29, 1.82) is 5.26 Å². The standard InChI is InChI=1S/C11H6N2O3/c12-7-13-10(14)6-9(11(13)15)16-8-4-2-1-3-5-8/h1-6H. The number of hydrogen-bond donors (Lipinski definition) is 0. The highest BCUT2D eigenvalue weighted by Gasteiger charge is 2.33. The Morgan fingerprint density at radius 2 is 1.88 bits per heavy atom.